The molecular formula is C18H21NO3. The lowest BCUT2D eigenvalue weighted by Crippen LogP contribution is -2.12. The molecule has 2 aromatic carbocycles. The number of methoxy groups -OCH3 is 2. The molecule has 1 N–H and O–H groups in total. The van der Waals surface area contributed by atoms with Crippen LogP contribution >= 0.6 is 0 Å². The van der Waals surface area contributed by atoms with Crippen LogP contribution in [-0.4, -0.2) is 20.1 Å². The highest BCUT2D eigenvalue weighted by molar-refractivity contribution is 6.04. The number of carbonyl (C=O) groups is 1. The maximum absolute atomic E-state index is 12.3. The molecule has 4 nitrogen and oxygen atoms in total. The van der Waals surface area contributed by atoms with Crippen LogP contribution in [0, 0.1) is 0 Å². The normalized spacial score (nSPS) is 10.4. The molecule has 0 bridgehead atoms. The third-order valence-corrected chi connectivity index (χ3v) is 3.48. The number of hydrogen-bond donors (Lipinski definition) is 1. The first-order chi connectivity index (χ1) is 10.5. The highest BCUT2D eigenvalue weighted by atomic mass is 16.5. The molecule has 0 saturated carbocycles. The first-order valence-corrected chi connectivity index (χ1v) is 7.18. The predicted octanol–water partition coefficient (Wildman–Crippen LogP) is 4.08. The summed E-state index contributed by atoms with van der Waals surface area (Å²) in [5, 5.41) is 2.86. The fraction of sp³-hybridized carbons (Fsp3) is 0.278. The third kappa shape index (κ3) is 3.58. The van der Waals surface area contributed by atoms with Gasteiger partial charge in [0.1, 0.15) is 0 Å². The lowest BCUT2D eigenvalue weighted by atomic mass is 10.0. The van der Waals surface area contributed by atoms with Crippen molar-refractivity contribution >= 4 is 11.6 Å². The summed E-state index contributed by atoms with van der Waals surface area (Å²) in [7, 11) is 3.14. The SMILES string of the molecule is COc1ccc(NC(=O)c2ccc(C(C)C)cc2)cc1OC. The Balaban J connectivity index is 2.14. The number of hydrogen-bond acceptors (Lipinski definition) is 3. The zero-order valence-corrected chi connectivity index (χ0v) is 13.3. The van der Waals surface area contributed by atoms with E-state index in [9.17, 15) is 4.79 Å². The van der Waals surface area contributed by atoms with Gasteiger partial charge in [0.2, 0.25) is 0 Å². The van der Waals surface area contributed by atoms with Gasteiger partial charge in [0, 0.05) is 17.3 Å². The number of amides is 1. The Morgan fingerprint density at radius 1 is 0.955 bits per heavy atom. The van der Waals surface area contributed by atoms with Gasteiger partial charge in [-0.25, -0.2) is 0 Å². The Bertz CT molecular complexity index is 648. The van der Waals surface area contributed by atoms with Crippen LogP contribution in [0.1, 0.15) is 35.7 Å². The van der Waals surface area contributed by atoms with Gasteiger partial charge in [0.25, 0.3) is 5.91 Å². The van der Waals surface area contributed by atoms with E-state index in [4.69, 9.17) is 9.47 Å². The molecule has 0 aliphatic rings. The number of ether oxygens (including phenoxy) is 2. The maximum Gasteiger partial charge on any atom is 0.255 e. The van der Waals surface area contributed by atoms with Gasteiger partial charge in [-0.2, -0.15) is 0 Å². The van der Waals surface area contributed by atoms with Crippen LogP contribution in [0.3, 0.4) is 0 Å². The second-order valence-corrected chi connectivity index (χ2v) is 5.30. The quantitative estimate of drug-likeness (QED) is 0.905. The molecule has 0 aromatic heterocycles. The van der Waals surface area contributed by atoms with Crippen LogP contribution < -0.4 is 14.8 Å². The molecule has 0 atom stereocenters. The van der Waals surface area contributed by atoms with E-state index in [2.05, 4.69) is 19.2 Å². The summed E-state index contributed by atoms with van der Waals surface area (Å²) in [4.78, 5) is 12.3. The molecule has 4 heteroatoms. The van der Waals surface area contributed by atoms with Crippen LogP contribution in [0.4, 0.5) is 5.69 Å². The molecular weight excluding hydrogens is 278 g/mol. The van der Waals surface area contributed by atoms with Gasteiger partial charge in [0.05, 0.1) is 14.2 Å². The highest BCUT2D eigenvalue weighted by Crippen LogP contribution is 2.29. The van der Waals surface area contributed by atoms with Crippen molar-refractivity contribution in [2.24, 2.45) is 0 Å². The van der Waals surface area contributed by atoms with Crippen molar-refractivity contribution in [1.82, 2.24) is 0 Å². The van der Waals surface area contributed by atoms with Crippen LogP contribution in [0.5, 0.6) is 11.5 Å². The van der Waals surface area contributed by atoms with Crippen LogP contribution in [-0.2, 0) is 0 Å². The Labute approximate surface area is 131 Å². The molecule has 0 aliphatic carbocycles. The first-order valence-electron chi connectivity index (χ1n) is 7.18. The largest absolute Gasteiger partial charge is 0.493 e. The fourth-order valence-corrected chi connectivity index (χ4v) is 2.14. The molecule has 0 fully saturated rings. The van der Waals surface area contributed by atoms with Crippen molar-refractivity contribution in [3.05, 3.63) is 53.6 Å². The van der Waals surface area contributed by atoms with Crippen molar-refractivity contribution < 1.29 is 14.3 Å². The Morgan fingerprint density at radius 2 is 1.59 bits per heavy atom. The van der Waals surface area contributed by atoms with E-state index in [0.717, 1.165) is 0 Å². The highest BCUT2D eigenvalue weighted by Gasteiger charge is 2.09. The number of anilines is 1. The molecule has 0 saturated heterocycles. The Kier molecular flexibility index (Phi) is 5.04. The second-order valence-electron chi connectivity index (χ2n) is 5.30. The Hall–Kier alpha value is -2.49. The molecule has 22 heavy (non-hydrogen) atoms. The first kappa shape index (κ1) is 15.9. The zero-order chi connectivity index (χ0) is 16.1. The topological polar surface area (TPSA) is 47.6 Å². The maximum atomic E-state index is 12.3. The van der Waals surface area contributed by atoms with Crippen molar-refractivity contribution in [2.75, 3.05) is 19.5 Å². The average Bonchev–Trinajstić information content (AvgIpc) is 2.54. The van der Waals surface area contributed by atoms with Crippen LogP contribution in [0.2, 0.25) is 0 Å². The summed E-state index contributed by atoms with van der Waals surface area (Å²) in [6.45, 7) is 4.25. The van der Waals surface area contributed by atoms with Crippen molar-refractivity contribution in [3.63, 3.8) is 0 Å². The van der Waals surface area contributed by atoms with Crippen molar-refractivity contribution in [1.29, 1.82) is 0 Å². The minimum absolute atomic E-state index is 0.150. The fourth-order valence-electron chi connectivity index (χ4n) is 2.14. The number of nitrogens with one attached hydrogen (secondary N) is 1. The summed E-state index contributed by atoms with van der Waals surface area (Å²) in [6, 6.07) is 12.9. The van der Waals surface area contributed by atoms with E-state index in [1.807, 2.05) is 24.3 Å². The van der Waals surface area contributed by atoms with Gasteiger partial charge in [-0.15, -0.1) is 0 Å². The van der Waals surface area contributed by atoms with E-state index in [1.165, 1.54) is 5.56 Å². The molecule has 116 valence electrons. The second kappa shape index (κ2) is 6.98. The van der Waals surface area contributed by atoms with E-state index in [-0.39, 0.29) is 5.91 Å². The average molecular weight is 299 g/mol. The molecule has 0 aliphatic heterocycles. The smallest absolute Gasteiger partial charge is 0.255 e. The van der Waals surface area contributed by atoms with Crippen molar-refractivity contribution in [3.8, 4) is 11.5 Å². The Morgan fingerprint density at radius 3 is 2.14 bits per heavy atom. The van der Waals surface area contributed by atoms with Gasteiger partial charge < -0.3 is 14.8 Å². The van der Waals surface area contributed by atoms with E-state index in [1.54, 1.807) is 32.4 Å². The summed E-state index contributed by atoms with van der Waals surface area (Å²) in [5.74, 6) is 1.50. The third-order valence-electron chi connectivity index (χ3n) is 3.48. The van der Waals surface area contributed by atoms with E-state index >= 15 is 0 Å². The molecule has 1 amide bonds. The molecule has 0 radical (unpaired) electrons. The monoisotopic (exact) mass is 299 g/mol. The molecule has 2 aromatic rings. The van der Waals surface area contributed by atoms with Gasteiger partial charge in [-0.1, -0.05) is 26.0 Å². The minimum Gasteiger partial charge on any atom is -0.493 e. The molecule has 0 spiro atoms. The number of carbonyl (C=O) groups excluding carboxylic acids is 1. The zero-order valence-electron chi connectivity index (χ0n) is 13.3. The predicted molar refractivity (Wildman–Crippen MR) is 88.0 cm³/mol. The molecule has 2 rings (SSSR count). The molecule has 0 heterocycles. The van der Waals surface area contributed by atoms with E-state index < -0.39 is 0 Å². The summed E-state index contributed by atoms with van der Waals surface area (Å²) in [5.41, 5.74) is 2.50. The van der Waals surface area contributed by atoms with Crippen LogP contribution in [0.25, 0.3) is 0 Å². The summed E-state index contributed by atoms with van der Waals surface area (Å²) >= 11 is 0. The van der Waals surface area contributed by atoms with Crippen LogP contribution in [0.15, 0.2) is 42.5 Å². The summed E-state index contributed by atoms with van der Waals surface area (Å²) < 4.78 is 10.4. The molecule has 0 unspecified atom stereocenters. The van der Waals surface area contributed by atoms with E-state index in [0.29, 0.717) is 28.7 Å². The summed E-state index contributed by atoms with van der Waals surface area (Å²) in [6.07, 6.45) is 0. The lowest BCUT2D eigenvalue weighted by Gasteiger charge is -2.11. The minimum atomic E-state index is -0.150. The standard InChI is InChI=1S/C18H21NO3/c1-12(2)13-5-7-14(8-6-13)18(20)19-15-9-10-16(21-3)17(11-15)22-4/h5-12H,1-4H3,(H,19,20). The van der Waals surface area contributed by atoms with Crippen molar-refractivity contribution in [2.45, 2.75) is 19.8 Å². The number of rotatable bonds is 5. The lowest BCUT2D eigenvalue weighted by molar-refractivity contribution is 0.102. The van der Waals surface area contributed by atoms with Gasteiger partial charge in [0.15, 0.2) is 11.5 Å². The van der Waals surface area contributed by atoms with Gasteiger partial charge in [-0.3, -0.25) is 4.79 Å². The number of benzene rings is 2. The van der Waals surface area contributed by atoms with Gasteiger partial charge in [-0.05, 0) is 35.7 Å². The van der Waals surface area contributed by atoms with Gasteiger partial charge >= 0.3 is 0 Å².